The minimum Gasteiger partial charge on any atom is -0.452 e. The number of hydrogen-bond donors (Lipinski definition) is 1. The third kappa shape index (κ3) is 5.06. The van der Waals surface area contributed by atoms with Crippen LogP contribution in [-0.2, 0) is 19.4 Å². The van der Waals surface area contributed by atoms with Crippen molar-refractivity contribution in [3.8, 4) is 0 Å². The van der Waals surface area contributed by atoms with Crippen molar-refractivity contribution < 1.29 is 22.7 Å². The van der Waals surface area contributed by atoms with E-state index in [4.69, 9.17) is 4.74 Å². The molecule has 1 aromatic carbocycles. The van der Waals surface area contributed by atoms with Crippen molar-refractivity contribution in [2.75, 3.05) is 12.9 Å². The van der Waals surface area contributed by atoms with Gasteiger partial charge in [-0.3, -0.25) is 4.79 Å². The number of carbonyl (C=O) groups is 2. The van der Waals surface area contributed by atoms with Crippen molar-refractivity contribution in [2.24, 2.45) is 5.92 Å². The van der Waals surface area contributed by atoms with Gasteiger partial charge in [-0.05, 0) is 43.0 Å². The summed E-state index contributed by atoms with van der Waals surface area (Å²) in [4.78, 5) is 24.0. The number of benzene rings is 1. The van der Waals surface area contributed by atoms with E-state index in [1.165, 1.54) is 30.7 Å². The smallest absolute Gasteiger partial charge is 0.338 e. The number of nitrogens with one attached hydrogen (secondary N) is 1. The summed E-state index contributed by atoms with van der Waals surface area (Å²) in [7, 11) is -3.31. The third-order valence-corrected chi connectivity index (χ3v) is 5.44. The van der Waals surface area contributed by atoms with Gasteiger partial charge in [-0.25, -0.2) is 13.2 Å². The molecule has 6 nitrogen and oxygen atoms in total. The molecule has 0 bridgehead atoms. The van der Waals surface area contributed by atoms with Gasteiger partial charge in [0.05, 0.1) is 10.5 Å². The molecule has 0 radical (unpaired) electrons. The SMILES string of the molecule is C[C@H]1CCCC[C@@H]1NC(=O)COC(=O)c1ccc(S(C)(=O)=O)cc1. The predicted molar refractivity (Wildman–Crippen MR) is 89.4 cm³/mol. The first-order valence-corrected chi connectivity index (χ1v) is 9.93. The predicted octanol–water partition coefficient (Wildman–Crippen LogP) is 1.94. The van der Waals surface area contributed by atoms with Gasteiger partial charge in [-0.15, -0.1) is 0 Å². The molecule has 1 aliphatic rings. The summed E-state index contributed by atoms with van der Waals surface area (Å²) < 4.78 is 27.7. The molecule has 7 heteroatoms. The molecule has 1 fully saturated rings. The number of ether oxygens (including phenoxy) is 1. The molecule has 0 aliphatic heterocycles. The minimum atomic E-state index is -3.31. The molecule has 2 atom stereocenters. The number of hydrogen-bond acceptors (Lipinski definition) is 5. The van der Waals surface area contributed by atoms with Crippen LogP contribution in [0.5, 0.6) is 0 Å². The Morgan fingerprint density at radius 1 is 1.17 bits per heavy atom. The zero-order chi connectivity index (χ0) is 17.7. The van der Waals surface area contributed by atoms with Gasteiger partial charge in [0.2, 0.25) is 0 Å². The maximum absolute atomic E-state index is 11.9. The normalized spacial score (nSPS) is 21.1. The van der Waals surface area contributed by atoms with Crippen LogP contribution in [0.4, 0.5) is 0 Å². The first kappa shape index (κ1) is 18.4. The first-order chi connectivity index (χ1) is 11.3. The fourth-order valence-electron chi connectivity index (χ4n) is 2.83. The van der Waals surface area contributed by atoms with E-state index in [0.717, 1.165) is 25.5 Å². The Balaban J connectivity index is 1.85. The number of rotatable bonds is 5. The fourth-order valence-corrected chi connectivity index (χ4v) is 3.46. The molecule has 1 aromatic rings. The Morgan fingerprint density at radius 2 is 1.79 bits per heavy atom. The van der Waals surface area contributed by atoms with E-state index in [1.54, 1.807) is 0 Å². The van der Waals surface area contributed by atoms with Gasteiger partial charge in [0.15, 0.2) is 16.4 Å². The lowest BCUT2D eigenvalue weighted by atomic mass is 9.86. The molecule has 2 rings (SSSR count). The summed E-state index contributed by atoms with van der Waals surface area (Å²) in [5, 5.41) is 2.91. The Labute approximate surface area is 142 Å². The van der Waals surface area contributed by atoms with Gasteiger partial charge in [0.1, 0.15) is 0 Å². The zero-order valence-electron chi connectivity index (χ0n) is 13.9. The Morgan fingerprint density at radius 3 is 2.38 bits per heavy atom. The molecule has 1 N–H and O–H groups in total. The average molecular weight is 353 g/mol. The number of carbonyl (C=O) groups excluding carboxylic acids is 2. The van der Waals surface area contributed by atoms with Crippen LogP contribution >= 0.6 is 0 Å². The van der Waals surface area contributed by atoms with E-state index in [0.29, 0.717) is 5.92 Å². The Hall–Kier alpha value is -1.89. The van der Waals surface area contributed by atoms with Crippen molar-refractivity contribution in [1.29, 1.82) is 0 Å². The average Bonchev–Trinajstić information content (AvgIpc) is 2.54. The van der Waals surface area contributed by atoms with Crippen LogP contribution in [0.1, 0.15) is 43.0 Å². The zero-order valence-corrected chi connectivity index (χ0v) is 14.8. The second-order valence-electron chi connectivity index (χ2n) is 6.31. The van der Waals surface area contributed by atoms with Crippen molar-refractivity contribution in [3.05, 3.63) is 29.8 Å². The lowest BCUT2D eigenvalue weighted by molar-refractivity contribution is -0.125. The highest BCUT2D eigenvalue weighted by molar-refractivity contribution is 7.90. The quantitative estimate of drug-likeness (QED) is 0.817. The van der Waals surface area contributed by atoms with Crippen LogP contribution in [0.3, 0.4) is 0 Å². The van der Waals surface area contributed by atoms with Gasteiger partial charge in [0, 0.05) is 12.3 Å². The molecule has 1 saturated carbocycles. The topological polar surface area (TPSA) is 89.5 Å². The highest BCUT2D eigenvalue weighted by Gasteiger charge is 2.23. The minimum absolute atomic E-state index is 0.128. The molecule has 0 heterocycles. The summed E-state index contributed by atoms with van der Waals surface area (Å²) in [6.07, 6.45) is 5.43. The van der Waals surface area contributed by atoms with E-state index in [-0.39, 0.29) is 29.0 Å². The van der Waals surface area contributed by atoms with Crippen molar-refractivity contribution in [2.45, 2.75) is 43.5 Å². The van der Waals surface area contributed by atoms with E-state index < -0.39 is 15.8 Å². The number of amides is 1. The molecule has 24 heavy (non-hydrogen) atoms. The summed E-state index contributed by atoms with van der Waals surface area (Å²) >= 11 is 0. The summed E-state index contributed by atoms with van der Waals surface area (Å²) in [5.74, 6) is -0.529. The van der Waals surface area contributed by atoms with Crippen molar-refractivity contribution in [1.82, 2.24) is 5.32 Å². The standard InChI is InChI=1S/C17H23NO5S/c1-12-5-3-4-6-15(12)18-16(19)11-23-17(20)13-7-9-14(10-8-13)24(2,21)22/h7-10,12,15H,3-6,11H2,1-2H3,(H,18,19)/t12-,15-/m0/s1. The Bertz CT molecular complexity index is 696. The lowest BCUT2D eigenvalue weighted by Crippen LogP contribution is -2.42. The lowest BCUT2D eigenvalue weighted by Gasteiger charge is -2.29. The van der Waals surface area contributed by atoms with Crippen LogP contribution in [0.25, 0.3) is 0 Å². The van der Waals surface area contributed by atoms with Gasteiger partial charge in [-0.2, -0.15) is 0 Å². The third-order valence-electron chi connectivity index (χ3n) is 4.31. The largest absolute Gasteiger partial charge is 0.452 e. The van der Waals surface area contributed by atoms with Crippen LogP contribution in [-0.4, -0.2) is 39.2 Å². The van der Waals surface area contributed by atoms with E-state index in [1.807, 2.05) is 0 Å². The summed E-state index contributed by atoms with van der Waals surface area (Å²) in [5.41, 5.74) is 0.209. The second-order valence-corrected chi connectivity index (χ2v) is 8.32. The molecule has 0 aromatic heterocycles. The molecule has 0 spiro atoms. The van der Waals surface area contributed by atoms with Gasteiger partial charge in [-0.1, -0.05) is 19.8 Å². The maximum Gasteiger partial charge on any atom is 0.338 e. The number of sulfone groups is 1. The first-order valence-electron chi connectivity index (χ1n) is 8.04. The molecule has 1 amide bonds. The molecular weight excluding hydrogens is 330 g/mol. The monoisotopic (exact) mass is 353 g/mol. The fraction of sp³-hybridized carbons (Fsp3) is 0.529. The van der Waals surface area contributed by atoms with Crippen LogP contribution in [0.2, 0.25) is 0 Å². The highest BCUT2D eigenvalue weighted by Crippen LogP contribution is 2.23. The van der Waals surface area contributed by atoms with Gasteiger partial charge >= 0.3 is 5.97 Å². The van der Waals surface area contributed by atoms with E-state index >= 15 is 0 Å². The molecule has 0 unspecified atom stereocenters. The van der Waals surface area contributed by atoms with Crippen molar-refractivity contribution in [3.63, 3.8) is 0 Å². The summed E-state index contributed by atoms with van der Waals surface area (Å²) in [6, 6.07) is 5.57. The highest BCUT2D eigenvalue weighted by atomic mass is 32.2. The van der Waals surface area contributed by atoms with Gasteiger partial charge < -0.3 is 10.1 Å². The Kier molecular flexibility index (Phi) is 5.99. The molecule has 0 saturated heterocycles. The molecular formula is C17H23NO5S. The van der Waals surface area contributed by atoms with Crippen LogP contribution < -0.4 is 5.32 Å². The van der Waals surface area contributed by atoms with Crippen LogP contribution in [0.15, 0.2) is 29.2 Å². The van der Waals surface area contributed by atoms with E-state index in [9.17, 15) is 18.0 Å². The second kappa shape index (κ2) is 7.79. The number of esters is 1. The molecule has 132 valence electrons. The van der Waals surface area contributed by atoms with Crippen molar-refractivity contribution >= 4 is 21.7 Å². The van der Waals surface area contributed by atoms with E-state index in [2.05, 4.69) is 12.2 Å². The summed E-state index contributed by atoms with van der Waals surface area (Å²) in [6.45, 7) is 1.77. The van der Waals surface area contributed by atoms with Gasteiger partial charge in [0.25, 0.3) is 5.91 Å². The van der Waals surface area contributed by atoms with Crippen LogP contribution in [0, 0.1) is 5.92 Å². The molecule has 1 aliphatic carbocycles. The maximum atomic E-state index is 11.9.